The van der Waals surface area contributed by atoms with Gasteiger partial charge in [0, 0.05) is 4.88 Å². The van der Waals surface area contributed by atoms with E-state index in [1.807, 2.05) is 24.3 Å². The molecule has 70 valence electrons. The second-order valence-electron chi connectivity index (χ2n) is 2.78. The van der Waals surface area contributed by atoms with Crippen LogP contribution in [0.5, 0.6) is 0 Å². The molecule has 0 amide bonds. The van der Waals surface area contributed by atoms with Crippen molar-refractivity contribution in [3.8, 4) is 0 Å². The average Bonchev–Trinajstić information content (AvgIpc) is 2.63. The van der Waals surface area contributed by atoms with E-state index in [4.69, 9.17) is 12.2 Å². The van der Waals surface area contributed by atoms with Gasteiger partial charge < -0.3 is 0 Å². The van der Waals surface area contributed by atoms with Crippen LogP contribution in [0.1, 0.15) is 10.4 Å². The summed E-state index contributed by atoms with van der Waals surface area (Å²) in [5.41, 5.74) is 1.22. The third kappa shape index (κ3) is 2.61. The van der Waals surface area contributed by atoms with Crippen molar-refractivity contribution in [3.05, 3.63) is 50.7 Å². The Balaban J connectivity index is 2.19. The highest BCUT2D eigenvalue weighted by atomic mass is 32.9. The Kier molecular flexibility index (Phi) is 3.24. The van der Waals surface area contributed by atoms with Crippen LogP contribution >= 0.6 is 32.9 Å². The second-order valence-corrected chi connectivity index (χ2v) is 5.72. The minimum atomic E-state index is 0.961. The molecular weight excluding hydrogens is 228 g/mol. The van der Waals surface area contributed by atoms with Crippen LogP contribution in [0.2, 0.25) is 0 Å². The molecule has 3 heteroatoms. The fraction of sp³-hybridized carbons (Fsp3) is 0. The van der Waals surface area contributed by atoms with Gasteiger partial charge in [0.2, 0.25) is 0 Å². The molecular formula is C11H8S3. The molecule has 1 heterocycles. The van der Waals surface area contributed by atoms with Crippen molar-refractivity contribution in [1.82, 2.24) is 0 Å². The van der Waals surface area contributed by atoms with Gasteiger partial charge in [-0.05, 0) is 17.7 Å². The van der Waals surface area contributed by atoms with Gasteiger partial charge >= 0.3 is 0 Å². The molecule has 2 rings (SSSR count). The van der Waals surface area contributed by atoms with Gasteiger partial charge in [-0.1, -0.05) is 69.3 Å². The van der Waals surface area contributed by atoms with E-state index in [1.165, 1.54) is 10.4 Å². The fourth-order valence-electron chi connectivity index (χ4n) is 1.07. The molecule has 0 unspecified atom stereocenters. The highest BCUT2D eigenvalue weighted by Crippen LogP contribution is 2.20. The summed E-state index contributed by atoms with van der Waals surface area (Å²) in [6.45, 7) is 0. The number of rotatable bonds is 2. The Morgan fingerprint density at radius 2 is 1.79 bits per heavy atom. The molecule has 0 aliphatic rings. The summed E-state index contributed by atoms with van der Waals surface area (Å²) in [6, 6.07) is 12.3. The minimum Gasteiger partial charge on any atom is -0.0792 e. The van der Waals surface area contributed by atoms with Crippen molar-refractivity contribution in [2.24, 2.45) is 0 Å². The Hall–Kier alpha value is -0.770. The molecule has 0 aliphatic heterocycles. The molecule has 14 heavy (non-hydrogen) atoms. The summed E-state index contributed by atoms with van der Waals surface area (Å²) in [4.78, 5) is 1.23. The third-order valence-electron chi connectivity index (χ3n) is 1.72. The lowest BCUT2D eigenvalue weighted by Gasteiger charge is -1.89. The Labute approximate surface area is 95.6 Å². The standard InChI is InChI=1S/C11H8S3/c12-11-8-10(13-14-11)7-6-9-4-2-1-3-5-9/h1-8H. The highest BCUT2D eigenvalue weighted by Gasteiger charge is 1.89. The van der Waals surface area contributed by atoms with Gasteiger partial charge in [0.15, 0.2) is 0 Å². The van der Waals surface area contributed by atoms with Gasteiger partial charge in [0.1, 0.15) is 3.82 Å². The first kappa shape index (κ1) is 9.77. The maximum Gasteiger partial charge on any atom is 0.102 e. The first-order valence-electron chi connectivity index (χ1n) is 4.18. The first-order valence-corrected chi connectivity index (χ1v) is 6.74. The van der Waals surface area contributed by atoms with E-state index in [2.05, 4.69) is 24.3 Å². The maximum atomic E-state index is 5.06. The first-order chi connectivity index (χ1) is 6.84. The molecule has 0 spiro atoms. The van der Waals surface area contributed by atoms with Crippen LogP contribution in [0.3, 0.4) is 0 Å². The summed E-state index contributed by atoms with van der Waals surface area (Å²) in [6.07, 6.45) is 4.21. The predicted molar refractivity (Wildman–Crippen MR) is 68.4 cm³/mol. The van der Waals surface area contributed by atoms with Gasteiger partial charge in [0.05, 0.1) is 0 Å². The molecule has 0 fully saturated rings. The van der Waals surface area contributed by atoms with Crippen LogP contribution in [0.25, 0.3) is 12.2 Å². The van der Waals surface area contributed by atoms with Crippen molar-refractivity contribution in [2.75, 3.05) is 0 Å². The van der Waals surface area contributed by atoms with Crippen LogP contribution in [0.15, 0.2) is 36.4 Å². The third-order valence-corrected chi connectivity index (χ3v) is 4.58. The van der Waals surface area contributed by atoms with E-state index in [-0.39, 0.29) is 0 Å². The van der Waals surface area contributed by atoms with E-state index < -0.39 is 0 Å². The SMILES string of the molecule is S=c1cc(C=Cc2ccccc2)ss1. The lowest BCUT2D eigenvalue weighted by Crippen LogP contribution is -1.67. The van der Waals surface area contributed by atoms with E-state index in [0.717, 1.165) is 3.82 Å². The zero-order valence-corrected chi connectivity index (χ0v) is 9.79. The lowest BCUT2D eigenvalue weighted by molar-refractivity contribution is 1.67. The number of benzene rings is 1. The summed E-state index contributed by atoms with van der Waals surface area (Å²) in [5, 5.41) is 0. The molecule has 1 aromatic heterocycles. The minimum absolute atomic E-state index is 0.961. The topological polar surface area (TPSA) is 0 Å². The van der Waals surface area contributed by atoms with Crippen molar-refractivity contribution in [2.45, 2.75) is 0 Å². The lowest BCUT2D eigenvalue weighted by atomic mass is 10.2. The van der Waals surface area contributed by atoms with Crippen LogP contribution in [-0.4, -0.2) is 0 Å². The Bertz CT molecular complexity index is 476. The van der Waals surface area contributed by atoms with Crippen molar-refractivity contribution < 1.29 is 0 Å². The molecule has 0 radical (unpaired) electrons. The van der Waals surface area contributed by atoms with Crippen molar-refractivity contribution in [3.63, 3.8) is 0 Å². The molecule has 0 saturated heterocycles. The predicted octanol–water partition coefficient (Wildman–Crippen LogP) is 4.71. The molecule has 0 aliphatic carbocycles. The zero-order chi connectivity index (χ0) is 9.80. The Morgan fingerprint density at radius 1 is 1.00 bits per heavy atom. The largest absolute Gasteiger partial charge is 0.102 e. The summed E-state index contributed by atoms with van der Waals surface area (Å²) < 4.78 is 0.961. The number of hydrogen-bond donors (Lipinski definition) is 0. The summed E-state index contributed by atoms with van der Waals surface area (Å²) in [7, 11) is 3.36. The number of hydrogen-bond acceptors (Lipinski definition) is 3. The molecule has 0 atom stereocenters. The monoisotopic (exact) mass is 236 g/mol. The van der Waals surface area contributed by atoms with Crippen molar-refractivity contribution >= 4 is 45.1 Å². The van der Waals surface area contributed by atoms with Crippen LogP contribution in [0.4, 0.5) is 0 Å². The molecule has 2 aromatic rings. The van der Waals surface area contributed by atoms with E-state index in [9.17, 15) is 0 Å². The smallest absolute Gasteiger partial charge is 0.0792 e. The van der Waals surface area contributed by atoms with Crippen LogP contribution in [0, 0.1) is 3.82 Å². The molecule has 0 N–H and O–H groups in total. The van der Waals surface area contributed by atoms with E-state index >= 15 is 0 Å². The highest BCUT2D eigenvalue weighted by molar-refractivity contribution is 7.79. The maximum absolute atomic E-state index is 5.06. The van der Waals surface area contributed by atoms with Crippen LogP contribution < -0.4 is 0 Å². The van der Waals surface area contributed by atoms with Gasteiger partial charge in [-0.25, -0.2) is 0 Å². The Morgan fingerprint density at radius 3 is 2.43 bits per heavy atom. The van der Waals surface area contributed by atoms with Gasteiger partial charge in [-0.15, -0.1) is 0 Å². The second kappa shape index (κ2) is 4.64. The average molecular weight is 236 g/mol. The van der Waals surface area contributed by atoms with E-state index in [0.29, 0.717) is 0 Å². The summed E-state index contributed by atoms with van der Waals surface area (Å²) in [5.74, 6) is 0. The normalized spacial score (nSPS) is 10.9. The van der Waals surface area contributed by atoms with Gasteiger partial charge in [0.25, 0.3) is 0 Å². The molecule has 0 nitrogen and oxygen atoms in total. The van der Waals surface area contributed by atoms with Gasteiger partial charge in [-0.2, -0.15) is 0 Å². The van der Waals surface area contributed by atoms with Crippen molar-refractivity contribution in [1.29, 1.82) is 0 Å². The summed E-state index contributed by atoms with van der Waals surface area (Å²) >= 11 is 5.06. The quantitative estimate of drug-likeness (QED) is 0.537. The van der Waals surface area contributed by atoms with Gasteiger partial charge in [-0.3, -0.25) is 0 Å². The fourth-order valence-corrected chi connectivity index (χ4v) is 3.29. The zero-order valence-electron chi connectivity index (χ0n) is 7.34. The molecule has 1 aromatic carbocycles. The molecule has 0 bridgehead atoms. The van der Waals surface area contributed by atoms with E-state index in [1.54, 1.807) is 20.7 Å². The molecule has 0 saturated carbocycles. The van der Waals surface area contributed by atoms with Crippen LogP contribution in [-0.2, 0) is 0 Å².